The molecule has 0 aromatic carbocycles. The van der Waals surface area contributed by atoms with Crippen molar-refractivity contribution in [1.29, 1.82) is 0 Å². The van der Waals surface area contributed by atoms with E-state index in [2.05, 4.69) is 15.0 Å². The summed E-state index contributed by atoms with van der Waals surface area (Å²) < 4.78 is 5.48. The normalized spacial score (nSPS) is 21.4. The zero-order valence-corrected chi connectivity index (χ0v) is 8.94. The molecule has 3 rings (SSSR count). The largest absolute Gasteiger partial charge is 0.384 e. The van der Waals surface area contributed by atoms with Gasteiger partial charge >= 0.3 is 0 Å². The van der Waals surface area contributed by atoms with Gasteiger partial charge < -0.3 is 15.5 Å². The van der Waals surface area contributed by atoms with Crippen LogP contribution in [0.25, 0.3) is 11.0 Å². The van der Waals surface area contributed by atoms with Crippen molar-refractivity contribution in [3.63, 3.8) is 0 Å². The molecule has 2 aromatic rings. The molecule has 16 heavy (non-hydrogen) atoms. The molecular formula is C11H14N4O. The standard InChI is InChI=1S/C11H14N4O/c12-9-4-8-11(14-6-13-8)10(15-9)7-2-1-3-16-5-7/h4,6-7H,1-3,5H2,(H2,12,15)(H,13,14). The lowest BCUT2D eigenvalue weighted by atomic mass is 9.97. The van der Waals surface area contributed by atoms with Crippen molar-refractivity contribution in [3.05, 3.63) is 18.1 Å². The summed E-state index contributed by atoms with van der Waals surface area (Å²) in [7, 11) is 0. The maximum Gasteiger partial charge on any atom is 0.125 e. The molecule has 0 saturated carbocycles. The molecule has 1 saturated heterocycles. The third-order valence-electron chi connectivity index (χ3n) is 3.00. The van der Waals surface area contributed by atoms with E-state index in [9.17, 15) is 0 Å². The predicted octanol–water partition coefficient (Wildman–Crippen LogP) is 1.43. The van der Waals surface area contributed by atoms with E-state index in [0.717, 1.165) is 42.8 Å². The summed E-state index contributed by atoms with van der Waals surface area (Å²) in [5, 5.41) is 0. The molecule has 0 spiro atoms. The van der Waals surface area contributed by atoms with E-state index in [1.54, 1.807) is 6.33 Å². The van der Waals surface area contributed by atoms with Crippen molar-refractivity contribution < 1.29 is 4.74 Å². The minimum absolute atomic E-state index is 0.322. The fourth-order valence-corrected chi connectivity index (χ4v) is 2.23. The van der Waals surface area contributed by atoms with Gasteiger partial charge in [-0.1, -0.05) is 0 Å². The molecule has 0 amide bonds. The minimum atomic E-state index is 0.322. The smallest absolute Gasteiger partial charge is 0.125 e. The Kier molecular flexibility index (Phi) is 2.25. The van der Waals surface area contributed by atoms with Gasteiger partial charge in [0, 0.05) is 18.6 Å². The Morgan fingerprint density at radius 3 is 3.25 bits per heavy atom. The van der Waals surface area contributed by atoms with Crippen molar-refractivity contribution >= 4 is 16.9 Å². The van der Waals surface area contributed by atoms with E-state index in [0.29, 0.717) is 11.7 Å². The summed E-state index contributed by atoms with van der Waals surface area (Å²) in [6, 6.07) is 1.81. The predicted molar refractivity (Wildman–Crippen MR) is 61.1 cm³/mol. The molecule has 0 radical (unpaired) electrons. The monoisotopic (exact) mass is 218 g/mol. The van der Waals surface area contributed by atoms with Gasteiger partial charge in [0.2, 0.25) is 0 Å². The highest BCUT2D eigenvalue weighted by Gasteiger charge is 2.21. The highest BCUT2D eigenvalue weighted by Crippen LogP contribution is 2.29. The summed E-state index contributed by atoms with van der Waals surface area (Å²) in [6.45, 7) is 1.57. The molecule has 0 aliphatic carbocycles. The van der Waals surface area contributed by atoms with Crippen LogP contribution in [-0.4, -0.2) is 28.2 Å². The summed E-state index contributed by atoms with van der Waals surface area (Å²) in [4.78, 5) is 11.8. The third-order valence-corrected chi connectivity index (χ3v) is 3.00. The van der Waals surface area contributed by atoms with Crippen LogP contribution in [0, 0.1) is 0 Å². The Bertz CT molecular complexity index is 502. The van der Waals surface area contributed by atoms with Crippen LogP contribution >= 0.6 is 0 Å². The lowest BCUT2D eigenvalue weighted by Gasteiger charge is -2.21. The average molecular weight is 218 g/mol. The zero-order chi connectivity index (χ0) is 11.0. The van der Waals surface area contributed by atoms with Gasteiger partial charge in [-0.3, -0.25) is 0 Å². The van der Waals surface area contributed by atoms with Crippen molar-refractivity contribution in [3.8, 4) is 0 Å². The van der Waals surface area contributed by atoms with Crippen LogP contribution in [-0.2, 0) is 4.74 Å². The number of rotatable bonds is 1. The number of nitrogens with one attached hydrogen (secondary N) is 1. The summed E-state index contributed by atoms with van der Waals surface area (Å²) in [5.74, 6) is 0.861. The molecule has 3 N–H and O–H groups in total. The number of hydrogen-bond donors (Lipinski definition) is 2. The van der Waals surface area contributed by atoms with Gasteiger partial charge in [0.15, 0.2) is 0 Å². The van der Waals surface area contributed by atoms with Gasteiger partial charge in [0.1, 0.15) is 11.3 Å². The van der Waals surface area contributed by atoms with Gasteiger partial charge in [-0.25, -0.2) is 9.97 Å². The number of ether oxygens (including phenoxy) is 1. The Morgan fingerprint density at radius 1 is 1.50 bits per heavy atom. The number of anilines is 1. The second kappa shape index (κ2) is 3.75. The van der Waals surface area contributed by atoms with Crippen LogP contribution in [0.1, 0.15) is 24.5 Å². The van der Waals surface area contributed by atoms with E-state index in [-0.39, 0.29) is 0 Å². The minimum Gasteiger partial charge on any atom is -0.384 e. The Morgan fingerprint density at radius 2 is 2.44 bits per heavy atom. The lowest BCUT2D eigenvalue weighted by Crippen LogP contribution is -2.17. The first-order valence-corrected chi connectivity index (χ1v) is 5.52. The molecule has 0 bridgehead atoms. The van der Waals surface area contributed by atoms with Gasteiger partial charge in [0.05, 0.1) is 24.1 Å². The molecule has 1 aliphatic heterocycles. The van der Waals surface area contributed by atoms with Crippen molar-refractivity contribution in [2.45, 2.75) is 18.8 Å². The molecule has 1 fully saturated rings. The first-order valence-electron chi connectivity index (χ1n) is 5.52. The fourth-order valence-electron chi connectivity index (χ4n) is 2.23. The van der Waals surface area contributed by atoms with Crippen LogP contribution in [0.15, 0.2) is 12.4 Å². The number of nitrogens with zero attached hydrogens (tertiary/aromatic N) is 2. The molecule has 1 atom stereocenters. The van der Waals surface area contributed by atoms with Crippen LogP contribution in [0.3, 0.4) is 0 Å². The van der Waals surface area contributed by atoms with E-state index in [1.165, 1.54) is 0 Å². The fraction of sp³-hybridized carbons (Fsp3) is 0.455. The van der Waals surface area contributed by atoms with Crippen molar-refractivity contribution in [2.75, 3.05) is 18.9 Å². The molecule has 5 heteroatoms. The number of H-pyrrole nitrogens is 1. The number of imidazole rings is 1. The van der Waals surface area contributed by atoms with Crippen LogP contribution in [0.4, 0.5) is 5.82 Å². The molecule has 84 valence electrons. The molecule has 1 unspecified atom stereocenters. The number of pyridine rings is 1. The van der Waals surface area contributed by atoms with Gasteiger partial charge in [-0.2, -0.15) is 0 Å². The summed E-state index contributed by atoms with van der Waals surface area (Å²) >= 11 is 0. The number of hydrogen-bond acceptors (Lipinski definition) is 4. The molecule has 2 aromatic heterocycles. The van der Waals surface area contributed by atoms with Crippen molar-refractivity contribution in [2.24, 2.45) is 0 Å². The van der Waals surface area contributed by atoms with Crippen LogP contribution in [0.2, 0.25) is 0 Å². The first-order chi connectivity index (χ1) is 7.84. The maximum absolute atomic E-state index is 5.79. The highest BCUT2D eigenvalue weighted by atomic mass is 16.5. The van der Waals surface area contributed by atoms with Gasteiger partial charge in [-0.05, 0) is 12.8 Å². The van der Waals surface area contributed by atoms with Gasteiger partial charge in [0.25, 0.3) is 0 Å². The zero-order valence-electron chi connectivity index (χ0n) is 8.94. The van der Waals surface area contributed by atoms with Crippen LogP contribution < -0.4 is 5.73 Å². The Labute approximate surface area is 93.0 Å². The summed E-state index contributed by atoms with van der Waals surface area (Å²) in [5.41, 5.74) is 8.63. The Balaban J connectivity index is 2.09. The van der Waals surface area contributed by atoms with Crippen LogP contribution in [0.5, 0.6) is 0 Å². The number of aromatic amines is 1. The lowest BCUT2D eigenvalue weighted by molar-refractivity contribution is 0.0797. The topological polar surface area (TPSA) is 76.8 Å². The number of fused-ring (bicyclic) bond motifs is 1. The number of nitrogens with two attached hydrogens (primary N) is 1. The van der Waals surface area contributed by atoms with E-state index >= 15 is 0 Å². The number of nitrogen functional groups attached to an aromatic ring is 1. The van der Waals surface area contributed by atoms with E-state index in [4.69, 9.17) is 10.5 Å². The third kappa shape index (κ3) is 1.53. The second-order valence-corrected chi connectivity index (χ2v) is 4.15. The van der Waals surface area contributed by atoms with E-state index < -0.39 is 0 Å². The average Bonchev–Trinajstić information content (AvgIpc) is 2.77. The number of aromatic nitrogens is 3. The van der Waals surface area contributed by atoms with Gasteiger partial charge in [-0.15, -0.1) is 0 Å². The maximum atomic E-state index is 5.79. The Hall–Kier alpha value is -1.62. The molecular weight excluding hydrogens is 204 g/mol. The first kappa shape index (κ1) is 9.59. The SMILES string of the molecule is Nc1cc2[nH]cnc2c(C2CCCOC2)n1. The summed E-state index contributed by atoms with van der Waals surface area (Å²) in [6.07, 6.45) is 3.85. The quantitative estimate of drug-likeness (QED) is 0.759. The highest BCUT2D eigenvalue weighted by molar-refractivity contribution is 5.79. The molecule has 1 aliphatic rings. The van der Waals surface area contributed by atoms with E-state index in [1.807, 2.05) is 6.07 Å². The molecule has 5 nitrogen and oxygen atoms in total. The molecule has 3 heterocycles. The second-order valence-electron chi connectivity index (χ2n) is 4.15. The van der Waals surface area contributed by atoms with Crippen molar-refractivity contribution in [1.82, 2.24) is 15.0 Å².